The van der Waals surface area contributed by atoms with Crippen LogP contribution >= 0.6 is 0 Å². The van der Waals surface area contributed by atoms with Gasteiger partial charge in [-0.25, -0.2) is 0 Å². The van der Waals surface area contributed by atoms with Gasteiger partial charge in [0.05, 0.1) is 6.07 Å². The molecule has 5 nitrogen and oxygen atoms in total. The van der Waals surface area contributed by atoms with Crippen molar-refractivity contribution in [2.75, 3.05) is 0 Å². The molecule has 0 saturated carbocycles. The third-order valence-corrected chi connectivity index (χ3v) is 5.64. The highest BCUT2D eigenvalue weighted by atomic mass is 16.5. The van der Waals surface area contributed by atoms with E-state index < -0.39 is 0 Å². The molecule has 0 N–H and O–H groups in total. The molecule has 4 aromatic rings. The zero-order chi connectivity index (χ0) is 20.9. The highest BCUT2D eigenvalue weighted by Crippen LogP contribution is 2.38. The summed E-state index contributed by atoms with van der Waals surface area (Å²) in [6.07, 6.45) is 0. The number of fused-ring (bicyclic) bond motifs is 4. The van der Waals surface area contributed by atoms with Gasteiger partial charge in [0.1, 0.15) is 23.0 Å². The van der Waals surface area contributed by atoms with E-state index in [2.05, 4.69) is 28.0 Å². The van der Waals surface area contributed by atoms with Crippen LogP contribution in [0.5, 0.6) is 23.0 Å². The van der Waals surface area contributed by atoms with Crippen LogP contribution < -0.4 is 25.9 Å². The van der Waals surface area contributed by atoms with E-state index in [0.29, 0.717) is 22.8 Å². The Labute approximate surface area is 179 Å². The normalized spacial score (nSPS) is 12.3. The Kier molecular flexibility index (Phi) is 3.62. The Morgan fingerprint density at radius 2 is 1.45 bits per heavy atom. The van der Waals surface area contributed by atoms with Crippen LogP contribution in [0.25, 0.3) is 16.1 Å². The third kappa shape index (κ3) is 2.60. The van der Waals surface area contributed by atoms with Crippen LogP contribution in [0.15, 0.2) is 72.8 Å². The lowest BCUT2D eigenvalue weighted by molar-refractivity contribution is 0.465. The van der Waals surface area contributed by atoms with Crippen molar-refractivity contribution in [3.8, 4) is 40.3 Å². The fourth-order valence-electron chi connectivity index (χ4n) is 4.33. The summed E-state index contributed by atoms with van der Waals surface area (Å²) in [5, 5.41) is 9.35. The van der Waals surface area contributed by atoms with Crippen molar-refractivity contribution in [1.82, 2.24) is 4.98 Å². The molecule has 0 spiro atoms. The maximum atomic E-state index is 9.35. The van der Waals surface area contributed by atoms with Crippen molar-refractivity contribution in [3.63, 3.8) is 0 Å². The number of para-hydroxylation sites is 2. The van der Waals surface area contributed by atoms with E-state index in [1.807, 2.05) is 48.5 Å². The van der Waals surface area contributed by atoms with Crippen LogP contribution in [0.4, 0.5) is 5.82 Å². The van der Waals surface area contributed by atoms with Crippen molar-refractivity contribution >= 4 is 28.9 Å². The minimum Gasteiger partial charge on any atom is -0.458 e. The molecule has 3 aromatic carbocycles. The average Bonchev–Trinajstić information content (AvgIpc) is 2.83. The maximum Gasteiger partial charge on any atom is 0.271 e. The summed E-state index contributed by atoms with van der Waals surface area (Å²) >= 11 is 0. The summed E-state index contributed by atoms with van der Waals surface area (Å²) in [4.78, 5) is 7.81. The van der Waals surface area contributed by atoms with Gasteiger partial charge in [-0.15, -0.1) is 4.98 Å². The molecule has 1 aromatic heterocycles. The highest BCUT2D eigenvalue weighted by Gasteiger charge is 2.40. The molecule has 6 heteroatoms. The number of hydrogen-bond acceptors (Lipinski definition) is 4. The zero-order valence-corrected chi connectivity index (χ0v) is 16.2. The van der Waals surface area contributed by atoms with Gasteiger partial charge in [-0.05, 0) is 41.3 Å². The van der Waals surface area contributed by atoms with E-state index in [0.717, 1.165) is 33.5 Å². The zero-order valence-electron chi connectivity index (χ0n) is 16.2. The number of benzene rings is 3. The molecule has 31 heavy (non-hydrogen) atoms. The number of nitriles is 1. The summed E-state index contributed by atoms with van der Waals surface area (Å²) < 4.78 is 12.6. The number of ether oxygens (including phenoxy) is 2. The highest BCUT2D eigenvalue weighted by molar-refractivity contribution is 6.98. The van der Waals surface area contributed by atoms with Gasteiger partial charge in [0.15, 0.2) is 5.69 Å². The molecule has 3 heterocycles. The summed E-state index contributed by atoms with van der Waals surface area (Å²) in [5.74, 6) is 3.18. The second-order valence-corrected chi connectivity index (χ2v) is 7.42. The first-order valence-electron chi connectivity index (χ1n) is 9.76. The predicted octanol–water partition coefficient (Wildman–Crippen LogP) is 3.90. The van der Waals surface area contributed by atoms with E-state index in [9.17, 15) is 5.26 Å². The van der Waals surface area contributed by atoms with Gasteiger partial charge in [0.25, 0.3) is 12.5 Å². The van der Waals surface area contributed by atoms with Gasteiger partial charge in [0, 0.05) is 22.7 Å². The first-order chi connectivity index (χ1) is 15.2. The molecule has 2 aliphatic rings. The fourth-order valence-corrected chi connectivity index (χ4v) is 4.33. The Balaban J connectivity index is 1.61. The van der Waals surface area contributed by atoms with Crippen LogP contribution in [-0.2, 0) is 0 Å². The molecule has 0 radical (unpaired) electrons. The van der Waals surface area contributed by atoms with E-state index in [4.69, 9.17) is 16.0 Å². The van der Waals surface area contributed by atoms with Crippen molar-refractivity contribution < 1.29 is 9.47 Å². The topological polar surface area (TPSA) is 59.5 Å². The van der Waals surface area contributed by atoms with E-state index >= 15 is 0 Å². The molecule has 0 aliphatic carbocycles. The molecule has 0 fully saturated rings. The lowest BCUT2D eigenvalue weighted by Crippen LogP contribution is -2.57. The number of rotatable bonds is 1. The molecule has 0 unspecified atom stereocenters. The van der Waals surface area contributed by atoms with Gasteiger partial charge in [-0.1, -0.05) is 43.0 Å². The Morgan fingerprint density at radius 3 is 2.03 bits per heavy atom. The van der Waals surface area contributed by atoms with Gasteiger partial charge in [0.2, 0.25) is 0 Å². The molecule has 0 amide bonds. The average molecular weight is 397 g/mol. The van der Waals surface area contributed by atoms with Crippen LogP contribution in [0, 0.1) is 17.9 Å². The monoisotopic (exact) mass is 397 g/mol. The first-order valence-corrected chi connectivity index (χ1v) is 9.76. The van der Waals surface area contributed by atoms with E-state index in [-0.39, 0.29) is 12.5 Å². The van der Waals surface area contributed by atoms with Crippen LogP contribution in [0.3, 0.4) is 0 Å². The second kappa shape index (κ2) is 6.48. The molecular formula is C25H12BN3O2. The van der Waals surface area contributed by atoms with Crippen LogP contribution in [0.1, 0.15) is 5.56 Å². The SMILES string of the molecule is [C-]#[N+]c1cc(C#N)cc(-c2cc3c4c(c2)Oc2ccccc2B4c2ccccc2O3)n1. The molecule has 142 valence electrons. The van der Waals surface area contributed by atoms with Gasteiger partial charge in [-0.2, -0.15) is 5.26 Å². The standard InChI is InChI=1S/C25H12BN3O2/c1-28-24-11-15(14-27)10-19(29-24)16-12-22-25-23(13-16)31-21-9-5-3-7-18(21)26(25)17-6-2-4-8-20(17)30-22/h2-13H. The molecule has 6 rings (SSSR count). The van der Waals surface area contributed by atoms with Crippen molar-refractivity contribution in [3.05, 3.63) is 89.8 Å². The summed E-state index contributed by atoms with van der Waals surface area (Å²) in [6, 6.07) is 25.1. The smallest absolute Gasteiger partial charge is 0.271 e. The molecule has 0 atom stereocenters. The molecule has 0 bridgehead atoms. The second-order valence-electron chi connectivity index (χ2n) is 7.42. The van der Waals surface area contributed by atoms with Crippen molar-refractivity contribution in [2.45, 2.75) is 0 Å². The fraction of sp³-hybridized carbons (Fsp3) is 0. The van der Waals surface area contributed by atoms with E-state index in [1.54, 1.807) is 6.07 Å². The summed E-state index contributed by atoms with van der Waals surface area (Å²) in [6.45, 7) is 7.31. The lowest BCUT2D eigenvalue weighted by atomic mass is 9.35. The summed E-state index contributed by atoms with van der Waals surface area (Å²) in [7, 11) is 0. The van der Waals surface area contributed by atoms with Crippen molar-refractivity contribution in [2.24, 2.45) is 0 Å². The van der Waals surface area contributed by atoms with Gasteiger partial charge < -0.3 is 14.3 Å². The molecule has 2 aliphatic heterocycles. The van der Waals surface area contributed by atoms with Crippen LogP contribution in [-0.4, -0.2) is 11.7 Å². The quantitative estimate of drug-likeness (QED) is 0.312. The number of aromatic nitrogens is 1. The molecular weight excluding hydrogens is 385 g/mol. The van der Waals surface area contributed by atoms with Gasteiger partial charge in [-0.3, -0.25) is 0 Å². The van der Waals surface area contributed by atoms with E-state index in [1.165, 1.54) is 6.07 Å². The van der Waals surface area contributed by atoms with Crippen LogP contribution in [0.2, 0.25) is 0 Å². The Morgan fingerprint density at radius 1 is 0.839 bits per heavy atom. The Hall–Kier alpha value is -4.55. The number of pyridine rings is 1. The number of hydrogen-bond donors (Lipinski definition) is 0. The Bertz CT molecular complexity index is 1380. The minimum atomic E-state index is 0.00570. The maximum absolute atomic E-state index is 9.35. The largest absolute Gasteiger partial charge is 0.458 e. The summed E-state index contributed by atoms with van der Waals surface area (Å²) in [5.41, 5.74) is 4.82. The lowest BCUT2D eigenvalue weighted by Gasteiger charge is -2.33. The molecule has 0 saturated heterocycles. The van der Waals surface area contributed by atoms with Gasteiger partial charge >= 0.3 is 0 Å². The first kappa shape index (κ1) is 17.3. The minimum absolute atomic E-state index is 0.00570. The van der Waals surface area contributed by atoms with Crippen molar-refractivity contribution in [1.29, 1.82) is 5.26 Å². The predicted molar refractivity (Wildman–Crippen MR) is 118 cm³/mol. The number of nitrogens with zero attached hydrogens (tertiary/aromatic N) is 3. The third-order valence-electron chi connectivity index (χ3n) is 5.64.